The topological polar surface area (TPSA) is 42.7 Å². The molecule has 20 heavy (non-hydrogen) atoms. The lowest BCUT2D eigenvalue weighted by Crippen LogP contribution is -2.20. The maximum absolute atomic E-state index is 4.67. The molecule has 0 spiro atoms. The molecule has 0 aliphatic heterocycles. The normalized spacial score (nSPS) is 14.2. The van der Waals surface area contributed by atoms with Gasteiger partial charge in [0.1, 0.15) is 0 Å². The average Bonchev–Trinajstić information content (AvgIpc) is 2.92. The summed E-state index contributed by atoms with van der Waals surface area (Å²) >= 11 is 0. The molecule has 0 amide bonds. The van der Waals surface area contributed by atoms with E-state index in [-0.39, 0.29) is 6.04 Å². The van der Waals surface area contributed by atoms with Crippen molar-refractivity contribution in [2.45, 2.75) is 45.7 Å². The molecule has 0 aromatic carbocycles. The average molecular weight is 272 g/mol. The summed E-state index contributed by atoms with van der Waals surface area (Å²) in [6, 6.07) is 6.91. The number of aromatic nitrogens is 3. The van der Waals surface area contributed by atoms with Crippen LogP contribution in [-0.2, 0) is 6.42 Å². The van der Waals surface area contributed by atoms with Crippen molar-refractivity contribution in [2.24, 2.45) is 0 Å². The minimum absolute atomic E-state index is 0.204. The van der Waals surface area contributed by atoms with Crippen molar-refractivity contribution >= 4 is 0 Å². The second-order valence-corrected chi connectivity index (χ2v) is 5.35. The Morgan fingerprint density at radius 2 is 2.15 bits per heavy atom. The fraction of sp³-hybridized carbons (Fsp3) is 0.500. The van der Waals surface area contributed by atoms with Gasteiger partial charge in [-0.15, -0.1) is 0 Å². The van der Waals surface area contributed by atoms with Crippen molar-refractivity contribution in [1.29, 1.82) is 0 Å². The third kappa shape index (κ3) is 3.45. The highest BCUT2D eigenvalue weighted by Crippen LogP contribution is 2.17. The summed E-state index contributed by atoms with van der Waals surface area (Å²) < 4.78 is 2.05. The first-order valence-electron chi connectivity index (χ1n) is 7.28. The lowest BCUT2D eigenvalue weighted by Gasteiger charge is -2.15. The molecule has 2 unspecified atom stereocenters. The molecule has 0 radical (unpaired) electrons. The van der Waals surface area contributed by atoms with Crippen molar-refractivity contribution in [3.05, 3.63) is 47.5 Å². The molecule has 0 aliphatic carbocycles. The van der Waals surface area contributed by atoms with E-state index in [2.05, 4.69) is 54.5 Å². The molecule has 2 rings (SSSR count). The van der Waals surface area contributed by atoms with Gasteiger partial charge in [0.15, 0.2) is 0 Å². The fourth-order valence-electron chi connectivity index (χ4n) is 2.23. The van der Waals surface area contributed by atoms with Gasteiger partial charge in [-0.3, -0.25) is 9.67 Å². The smallest absolute Gasteiger partial charge is 0.0644 e. The molecule has 0 saturated heterocycles. The number of hydrogen-bond acceptors (Lipinski definition) is 3. The largest absolute Gasteiger partial charge is 0.311 e. The number of hydrogen-bond donors (Lipinski definition) is 1. The summed E-state index contributed by atoms with van der Waals surface area (Å²) in [5, 5.41) is 8.00. The van der Waals surface area contributed by atoms with Crippen LogP contribution in [0.3, 0.4) is 0 Å². The van der Waals surface area contributed by atoms with Gasteiger partial charge in [0.2, 0.25) is 0 Å². The van der Waals surface area contributed by atoms with E-state index in [0.717, 1.165) is 24.2 Å². The van der Waals surface area contributed by atoms with Gasteiger partial charge in [0, 0.05) is 24.9 Å². The van der Waals surface area contributed by atoms with Crippen LogP contribution in [0.5, 0.6) is 0 Å². The molecule has 0 fully saturated rings. The SMILES string of the molecule is CCC(C)n1ccc(CC(NC)c2cc(C)ccn2)n1. The maximum atomic E-state index is 4.67. The van der Waals surface area contributed by atoms with E-state index < -0.39 is 0 Å². The lowest BCUT2D eigenvalue weighted by atomic mass is 10.1. The quantitative estimate of drug-likeness (QED) is 0.879. The predicted octanol–water partition coefficient (Wildman–Crippen LogP) is 3.06. The Morgan fingerprint density at radius 1 is 1.35 bits per heavy atom. The number of aryl methyl sites for hydroxylation is 1. The van der Waals surface area contributed by atoms with Crippen LogP contribution in [0.15, 0.2) is 30.6 Å². The van der Waals surface area contributed by atoms with Crippen LogP contribution in [0.1, 0.15) is 49.3 Å². The molecule has 0 aliphatic rings. The van der Waals surface area contributed by atoms with Crippen molar-refractivity contribution in [3.8, 4) is 0 Å². The maximum Gasteiger partial charge on any atom is 0.0644 e. The van der Waals surface area contributed by atoms with Crippen molar-refractivity contribution in [1.82, 2.24) is 20.1 Å². The molecule has 0 saturated carbocycles. The first-order chi connectivity index (χ1) is 9.63. The van der Waals surface area contributed by atoms with Crippen LogP contribution in [0, 0.1) is 6.92 Å². The summed E-state index contributed by atoms with van der Waals surface area (Å²) in [4.78, 5) is 4.47. The van der Waals surface area contributed by atoms with Crippen LogP contribution in [-0.4, -0.2) is 21.8 Å². The van der Waals surface area contributed by atoms with Crippen LogP contribution >= 0.6 is 0 Å². The van der Waals surface area contributed by atoms with E-state index in [1.54, 1.807) is 0 Å². The molecule has 2 atom stereocenters. The highest BCUT2D eigenvalue weighted by atomic mass is 15.3. The van der Waals surface area contributed by atoms with E-state index in [0.29, 0.717) is 6.04 Å². The minimum atomic E-state index is 0.204. The Balaban J connectivity index is 2.12. The highest BCUT2D eigenvalue weighted by Gasteiger charge is 2.14. The Morgan fingerprint density at radius 3 is 2.80 bits per heavy atom. The number of nitrogens with one attached hydrogen (secondary N) is 1. The first kappa shape index (κ1) is 14.7. The number of pyridine rings is 1. The monoisotopic (exact) mass is 272 g/mol. The molecule has 108 valence electrons. The Kier molecular flexibility index (Phi) is 4.90. The standard InChI is InChI=1S/C16H24N4/c1-5-13(3)20-9-7-14(19-20)11-15(17-4)16-10-12(2)6-8-18-16/h6-10,13,15,17H,5,11H2,1-4H3. The molecule has 4 nitrogen and oxygen atoms in total. The van der Waals surface area contributed by atoms with Crippen molar-refractivity contribution < 1.29 is 0 Å². The Bertz CT molecular complexity index is 547. The van der Waals surface area contributed by atoms with Gasteiger partial charge in [-0.1, -0.05) is 6.92 Å². The fourth-order valence-corrected chi connectivity index (χ4v) is 2.23. The van der Waals surface area contributed by atoms with Gasteiger partial charge in [0.05, 0.1) is 17.4 Å². The predicted molar refractivity (Wildman–Crippen MR) is 81.7 cm³/mol. The van der Waals surface area contributed by atoms with E-state index in [1.807, 2.05) is 24.0 Å². The van der Waals surface area contributed by atoms with Crippen LogP contribution in [0.4, 0.5) is 0 Å². The molecule has 0 bridgehead atoms. The van der Waals surface area contributed by atoms with Crippen LogP contribution in [0.2, 0.25) is 0 Å². The second kappa shape index (κ2) is 6.66. The van der Waals surface area contributed by atoms with Gasteiger partial charge in [-0.05, 0) is 51.1 Å². The van der Waals surface area contributed by atoms with E-state index in [9.17, 15) is 0 Å². The van der Waals surface area contributed by atoms with Gasteiger partial charge < -0.3 is 5.32 Å². The summed E-state index contributed by atoms with van der Waals surface area (Å²) in [5.74, 6) is 0. The summed E-state index contributed by atoms with van der Waals surface area (Å²) in [7, 11) is 1.97. The number of rotatable bonds is 6. The third-order valence-electron chi connectivity index (χ3n) is 3.76. The molecule has 1 N–H and O–H groups in total. The molecule has 2 aromatic heterocycles. The van der Waals surface area contributed by atoms with Crippen LogP contribution < -0.4 is 5.32 Å². The second-order valence-electron chi connectivity index (χ2n) is 5.35. The molecular formula is C16H24N4. The van der Waals surface area contributed by atoms with Gasteiger partial charge in [-0.2, -0.15) is 5.10 Å². The highest BCUT2D eigenvalue weighted by molar-refractivity contribution is 5.19. The van der Waals surface area contributed by atoms with E-state index >= 15 is 0 Å². The first-order valence-corrected chi connectivity index (χ1v) is 7.28. The number of likely N-dealkylation sites (N-methyl/N-ethyl adjacent to an activating group) is 1. The summed E-state index contributed by atoms with van der Waals surface area (Å²) in [5.41, 5.74) is 3.42. The Labute approximate surface area is 121 Å². The zero-order valence-electron chi connectivity index (χ0n) is 12.8. The summed E-state index contributed by atoms with van der Waals surface area (Å²) in [6.45, 7) is 6.46. The molecule has 4 heteroatoms. The molecule has 2 aromatic rings. The van der Waals surface area contributed by atoms with Gasteiger partial charge in [0.25, 0.3) is 0 Å². The zero-order valence-corrected chi connectivity index (χ0v) is 12.8. The summed E-state index contributed by atoms with van der Waals surface area (Å²) in [6.07, 6.45) is 5.89. The molecule has 2 heterocycles. The van der Waals surface area contributed by atoms with E-state index in [1.165, 1.54) is 5.56 Å². The van der Waals surface area contributed by atoms with Gasteiger partial charge >= 0.3 is 0 Å². The minimum Gasteiger partial charge on any atom is -0.311 e. The van der Waals surface area contributed by atoms with Crippen LogP contribution in [0.25, 0.3) is 0 Å². The Hall–Kier alpha value is -1.68. The lowest BCUT2D eigenvalue weighted by molar-refractivity contribution is 0.468. The molecular weight excluding hydrogens is 248 g/mol. The van der Waals surface area contributed by atoms with E-state index in [4.69, 9.17) is 0 Å². The van der Waals surface area contributed by atoms with Crippen molar-refractivity contribution in [3.63, 3.8) is 0 Å². The zero-order chi connectivity index (χ0) is 14.5. The van der Waals surface area contributed by atoms with Gasteiger partial charge in [-0.25, -0.2) is 0 Å². The number of nitrogens with zero attached hydrogens (tertiary/aromatic N) is 3. The van der Waals surface area contributed by atoms with Crippen molar-refractivity contribution in [2.75, 3.05) is 7.05 Å². The third-order valence-corrected chi connectivity index (χ3v) is 3.76.